The van der Waals surface area contributed by atoms with Gasteiger partial charge >= 0.3 is 0 Å². The molecule has 1 aliphatic heterocycles. The first-order chi connectivity index (χ1) is 12.7. The normalized spacial score (nSPS) is 15.8. The molecule has 26 heavy (non-hydrogen) atoms. The van der Waals surface area contributed by atoms with Crippen LogP contribution in [0.1, 0.15) is 11.3 Å². The molecule has 3 aromatic rings. The highest BCUT2D eigenvalue weighted by Crippen LogP contribution is 2.31. The van der Waals surface area contributed by atoms with Crippen molar-refractivity contribution >= 4 is 34.7 Å². The third-order valence-electron chi connectivity index (χ3n) is 4.17. The fourth-order valence-corrected chi connectivity index (χ4v) is 4.64. The lowest BCUT2D eigenvalue weighted by molar-refractivity contribution is -0.121. The number of benzene rings is 2. The van der Waals surface area contributed by atoms with Gasteiger partial charge < -0.3 is 10.1 Å². The highest BCUT2D eigenvalue weighted by atomic mass is 32.2. The topological polar surface area (TPSA) is 51.2 Å². The number of hydrogen-bond donors (Lipinski definition) is 1. The Morgan fingerprint density at radius 2 is 2.04 bits per heavy atom. The molecule has 1 N–H and O–H groups in total. The zero-order valence-corrected chi connectivity index (χ0v) is 15.9. The predicted molar refractivity (Wildman–Crippen MR) is 105 cm³/mol. The van der Waals surface area contributed by atoms with Crippen LogP contribution in [-0.4, -0.2) is 17.5 Å². The molecule has 0 saturated heterocycles. The number of amides is 1. The van der Waals surface area contributed by atoms with Crippen molar-refractivity contribution < 1.29 is 9.53 Å². The number of ether oxygens (including phenoxy) is 1. The zero-order valence-electron chi connectivity index (χ0n) is 14.3. The molecule has 4 rings (SSSR count). The van der Waals surface area contributed by atoms with E-state index in [0.717, 1.165) is 31.9 Å². The molecule has 1 unspecified atom stereocenters. The minimum atomic E-state index is -0.169. The summed E-state index contributed by atoms with van der Waals surface area (Å²) in [6.07, 6.45) is 0.708. The minimum absolute atomic E-state index is 0.00421. The Labute approximate surface area is 160 Å². The smallest absolute Gasteiger partial charge is 0.231 e. The van der Waals surface area contributed by atoms with Gasteiger partial charge in [-0.3, -0.25) is 4.79 Å². The number of carbonyl (C=O) groups is 1. The first-order valence-corrected chi connectivity index (χ1v) is 10.1. The van der Waals surface area contributed by atoms with E-state index in [1.807, 2.05) is 60.8 Å². The van der Waals surface area contributed by atoms with E-state index in [-0.39, 0.29) is 11.8 Å². The second-order valence-corrected chi connectivity index (χ2v) is 8.37. The maximum Gasteiger partial charge on any atom is 0.231 e. The van der Waals surface area contributed by atoms with Crippen molar-refractivity contribution in [3.05, 3.63) is 65.2 Å². The standard InChI is InChI=1S/C20H18N2O2S2/c1-13-12-25-20(21-13)26-17-8-6-16(7-9-17)22-19(23)15-10-14-4-2-3-5-18(14)24-11-15/h2-9,12,15H,10-11H2,1H3,(H,22,23). The average molecular weight is 383 g/mol. The van der Waals surface area contributed by atoms with Gasteiger partial charge in [-0.2, -0.15) is 0 Å². The van der Waals surface area contributed by atoms with Crippen LogP contribution in [0.3, 0.4) is 0 Å². The second kappa shape index (κ2) is 7.51. The lowest BCUT2D eigenvalue weighted by atomic mass is 9.96. The lowest BCUT2D eigenvalue weighted by Crippen LogP contribution is -2.32. The third kappa shape index (κ3) is 3.92. The Bertz CT molecular complexity index is 922. The van der Waals surface area contributed by atoms with E-state index >= 15 is 0 Å². The van der Waals surface area contributed by atoms with Crippen molar-refractivity contribution in [1.82, 2.24) is 4.98 Å². The van der Waals surface area contributed by atoms with Gasteiger partial charge in [-0.25, -0.2) is 4.98 Å². The summed E-state index contributed by atoms with van der Waals surface area (Å²) < 4.78 is 6.74. The molecule has 0 spiro atoms. The van der Waals surface area contributed by atoms with Gasteiger partial charge in [-0.1, -0.05) is 30.0 Å². The van der Waals surface area contributed by atoms with Crippen LogP contribution < -0.4 is 10.1 Å². The Morgan fingerprint density at radius 1 is 1.23 bits per heavy atom. The van der Waals surface area contributed by atoms with Gasteiger partial charge in [0.1, 0.15) is 12.4 Å². The zero-order chi connectivity index (χ0) is 17.9. The Hall–Kier alpha value is -2.31. The molecule has 1 aliphatic rings. The molecular weight excluding hydrogens is 364 g/mol. The summed E-state index contributed by atoms with van der Waals surface area (Å²) in [4.78, 5) is 18.1. The van der Waals surface area contributed by atoms with Gasteiger partial charge in [0.25, 0.3) is 0 Å². The SMILES string of the molecule is Cc1csc(Sc2ccc(NC(=O)C3COc4ccccc4C3)cc2)n1. The Morgan fingerprint density at radius 3 is 2.81 bits per heavy atom. The number of carbonyl (C=O) groups excluding carboxylic acids is 1. The molecule has 2 aromatic carbocycles. The maximum atomic E-state index is 12.6. The van der Waals surface area contributed by atoms with Crippen LogP contribution in [0.4, 0.5) is 5.69 Å². The molecule has 0 bridgehead atoms. The number of fused-ring (bicyclic) bond motifs is 1. The fraction of sp³-hybridized carbons (Fsp3) is 0.200. The van der Waals surface area contributed by atoms with Crippen molar-refractivity contribution in [3.63, 3.8) is 0 Å². The van der Waals surface area contributed by atoms with Crippen LogP contribution >= 0.6 is 23.1 Å². The van der Waals surface area contributed by atoms with E-state index in [1.54, 1.807) is 23.1 Å². The number of thiazole rings is 1. The summed E-state index contributed by atoms with van der Waals surface area (Å²) >= 11 is 3.27. The van der Waals surface area contributed by atoms with Gasteiger partial charge in [-0.15, -0.1) is 11.3 Å². The van der Waals surface area contributed by atoms with Gasteiger partial charge in [0.05, 0.1) is 5.92 Å². The summed E-state index contributed by atoms with van der Waals surface area (Å²) in [5, 5.41) is 5.04. The average Bonchev–Trinajstić information content (AvgIpc) is 3.07. The molecule has 6 heteroatoms. The summed E-state index contributed by atoms with van der Waals surface area (Å²) in [6.45, 7) is 2.41. The largest absolute Gasteiger partial charge is 0.492 e. The molecule has 0 saturated carbocycles. The summed E-state index contributed by atoms with van der Waals surface area (Å²) in [7, 11) is 0. The number of aromatic nitrogens is 1. The van der Waals surface area contributed by atoms with E-state index in [2.05, 4.69) is 10.3 Å². The number of anilines is 1. The van der Waals surface area contributed by atoms with Gasteiger partial charge in [-0.05, 0) is 49.2 Å². The molecule has 0 fully saturated rings. The van der Waals surface area contributed by atoms with Crippen LogP contribution in [0, 0.1) is 12.8 Å². The van der Waals surface area contributed by atoms with Crippen molar-refractivity contribution in [1.29, 1.82) is 0 Å². The first kappa shape index (κ1) is 17.1. The van der Waals surface area contributed by atoms with Crippen molar-refractivity contribution in [2.45, 2.75) is 22.6 Å². The lowest BCUT2D eigenvalue weighted by Gasteiger charge is -2.24. The summed E-state index contributed by atoms with van der Waals surface area (Å²) in [5.41, 5.74) is 2.93. The molecule has 0 aliphatic carbocycles. The number of hydrogen-bond acceptors (Lipinski definition) is 5. The van der Waals surface area contributed by atoms with Crippen LogP contribution in [0.2, 0.25) is 0 Å². The van der Waals surface area contributed by atoms with E-state index in [4.69, 9.17) is 4.74 Å². The molecular formula is C20H18N2O2S2. The second-order valence-electron chi connectivity index (χ2n) is 6.19. The highest BCUT2D eigenvalue weighted by Gasteiger charge is 2.25. The number of nitrogens with one attached hydrogen (secondary N) is 1. The van der Waals surface area contributed by atoms with Crippen molar-refractivity contribution in [2.75, 3.05) is 11.9 Å². The maximum absolute atomic E-state index is 12.6. The van der Waals surface area contributed by atoms with Crippen molar-refractivity contribution in [2.24, 2.45) is 5.92 Å². The molecule has 1 aromatic heterocycles. The molecule has 1 amide bonds. The van der Waals surface area contributed by atoms with Crippen molar-refractivity contribution in [3.8, 4) is 5.75 Å². The third-order valence-corrected chi connectivity index (χ3v) is 6.24. The highest BCUT2D eigenvalue weighted by molar-refractivity contribution is 8.01. The number of nitrogens with zero attached hydrogens (tertiary/aromatic N) is 1. The van der Waals surface area contributed by atoms with E-state index in [0.29, 0.717) is 13.0 Å². The number of rotatable bonds is 4. The predicted octanol–water partition coefficient (Wildman–Crippen LogP) is 4.79. The molecule has 1 atom stereocenters. The Balaban J connectivity index is 1.37. The fourth-order valence-electron chi connectivity index (χ4n) is 2.83. The van der Waals surface area contributed by atoms with E-state index < -0.39 is 0 Å². The molecule has 132 valence electrons. The van der Waals surface area contributed by atoms with Gasteiger partial charge in [0.2, 0.25) is 5.91 Å². The van der Waals surface area contributed by atoms with E-state index in [9.17, 15) is 4.79 Å². The van der Waals surface area contributed by atoms with Crippen LogP contribution in [0.5, 0.6) is 5.75 Å². The monoisotopic (exact) mass is 382 g/mol. The van der Waals surface area contributed by atoms with Crippen LogP contribution in [-0.2, 0) is 11.2 Å². The van der Waals surface area contributed by atoms with Crippen LogP contribution in [0.25, 0.3) is 0 Å². The quantitative estimate of drug-likeness (QED) is 0.705. The van der Waals surface area contributed by atoms with Crippen LogP contribution in [0.15, 0.2) is 63.1 Å². The first-order valence-electron chi connectivity index (χ1n) is 8.39. The summed E-state index contributed by atoms with van der Waals surface area (Å²) in [6, 6.07) is 15.8. The summed E-state index contributed by atoms with van der Waals surface area (Å²) in [5.74, 6) is 0.711. The minimum Gasteiger partial charge on any atom is -0.492 e. The van der Waals surface area contributed by atoms with E-state index in [1.165, 1.54) is 0 Å². The molecule has 2 heterocycles. The van der Waals surface area contributed by atoms with Gasteiger partial charge in [0.15, 0.2) is 4.34 Å². The number of aryl methyl sites for hydroxylation is 1. The van der Waals surface area contributed by atoms with Gasteiger partial charge in [0, 0.05) is 21.7 Å². The Kier molecular flexibility index (Phi) is 4.95. The molecule has 0 radical (unpaired) electrons. The molecule has 4 nitrogen and oxygen atoms in total. The number of para-hydroxylation sites is 1.